The van der Waals surface area contributed by atoms with Crippen LogP contribution >= 0.6 is 15.9 Å². The number of halogens is 1. The predicted octanol–water partition coefficient (Wildman–Crippen LogP) is 3.23. The van der Waals surface area contributed by atoms with Crippen LogP contribution in [0.25, 0.3) is 0 Å². The molecule has 3 N–H and O–H groups in total. The van der Waals surface area contributed by atoms with Crippen molar-refractivity contribution in [1.82, 2.24) is 5.32 Å². The van der Waals surface area contributed by atoms with Gasteiger partial charge in [0.2, 0.25) is 11.8 Å². The molecule has 2 aromatic rings. The highest BCUT2D eigenvalue weighted by Crippen LogP contribution is 2.19. The van der Waals surface area contributed by atoms with Crippen LogP contribution in [0.1, 0.15) is 11.1 Å². The first-order valence-corrected chi connectivity index (χ1v) is 8.37. The summed E-state index contributed by atoms with van der Waals surface area (Å²) in [5.74, 6) is -0.487. The van der Waals surface area contributed by atoms with E-state index in [4.69, 9.17) is 0 Å². The molecule has 2 amide bonds. The number of rotatable bonds is 6. The molecule has 0 atom stereocenters. The summed E-state index contributed by atoms with van der Waals surface area (Å²) in [6.45, 7) is 3.92. The Morgan fingerprint density at radius 1 is 0.917 bits per heavy atom. The monoisotopic (exact) mass is 389 g/mol. The maximum Gasteiger partial charge on any atom is 0.243 e. The van der Waals surface area contributed by atoms with Crippen LogP contribution in [0.2, 0.25) is 0 Å². The minimum atomic E-state index is -0.246. The highest BCUT2D eigenvalue weighted by atomic mass is 79.9. The van der Waals surface area contributed by atoms with Crippen LogP contribution in [0.4, 0.5) is 11.4 Å². The quantitative estimate of drug-likeness (QED) is 0.709. The maximum atomic E-state index is 12.0. The second kappa shape index (κ2) is 8.49. The van der Waals surface area contributed by atoms with E-state index < -0.39 is 0 Å². The fraction of sp³-hybridized carbons (Fsp3) is 0.222. The highest BCUT2D eigenvalue weighted by molar-refractivity contribution is 9.10. The summed E-state index contributed by atoms with van der Waals surface area (Å²) in [6.07, 6.45) is 0. The third-order valence-corrected chi connectivity index (χ3v) is 4.02. The summed E-state index contributed by atoms with van der Waals surface area (Å²) in [5, 5.41) is 8.43. The summed E-state index contributed by atoms with van der Waals surface area (Å²) in [5.41, 5.74) is 3.62. The van der Waals surface area contributed by atoms with Gasteiger partial charge in [0.25, 0.3) is 0 Å². The number of benzene rings is 2. The van der Waals surface area contributed by atoms with E-state index in [1.807, 2.05) is 56.3 Å². The zero-order valence-electron chi connectivity index (χ0n) is 13.7. The average molecular weight is 390 g/mol. The van der Waals surface area contributed by atoms with E-state index in [9.17, 15) is 9.59 Å². The van der Waals surface area contributed by atoms with Gasteiger partial charge in [-0.25, -0.2) is 0 Å². The Morgan fingerprint density at radius 2 is 1.54 bits per heavy atom. The number of nitrogens with one attached hydrogen (secondary N) is 3. The Morgan fingerprint density at radius 3 is 2.17 bits per heavy atom. The van der Waals surface area contributed by atoms with Crippen LogP contribution in [0, 0.1) is 13.8 Å². The molecule has 0 aliphatic rings. The Kier molecular flexibility index (Phi) is 6.37. The fourth-order valence-electron chi connectivity index (χ4n) is 2.19. The van der Waals surface area contributed by atoms with Crippen LogP contribution in [0.5, 0.6) is 0 Å². The van der Waals surface area contributed by atoms with Crippen molar-refractivity contribution in [2.75, 3.05) is 23.7 Å². The van der Waals surface area contributed by atoms with Crippen molar-refractivity contribution >= 4 is 39.1 Å². The first-order valence-electron chi connectivity index (χ1n) is 7.58. The lowest BCUT2D eigenvalue weighted by Gasteiger charge is -2.12. The molecule has 0 saturated heterocycles. The number of para-hydroxylation sites is 1. The molecule has 0 aliphatic heterocycles. The van der Waals surface area contributed by atoms with E-state index >= 15 is 0 Å². The van der Waals surface area contributed by atoms with Gasteiger partial charge < -0.3 is 16.0 Å². The smallest absolute Gasteiger partial charge is 0.243 e. The van der Waals surface area contributed by atoms with Gasteiger partial charge >= 0.3 is 0 Å². The summed E-state index contributed by atoms with van der Waals surface area (Å²) in [4.78, 5) is 23.8. The number of anilines is 2. The van der Waals surface area contributed by atoms with Gasteiger partial charge in [0.1, 0.15) is 0 Å². The Hall–Kier alpha value is -2.34. The van der Waals surface area contributed by atoms with Gasteiger partial charge in [0, 0.05) is 15.8 Å². The molecule has 126 valence electrons. The summed E-state index contributed by atoms with van der Waals surface area (Å²) in [6, 6.07) is 13.3. The molecule has 0 spiro atoms. The Labute approximate surface area is 150 Å². The van der Waals surface area contributed by atoms with E-state index in [0.717, 1.165) is 27.0 Å². The molecule has 0 heterocycles. The van der Waals surface area contributed by atoms with Gasteiger partial charge in [-0.15, -0.1) is 0 Å². The van der Waals surface area contributed by atoms with Crippen molar-refractivity contribution in [2.24, 2.45) is 0 Å². The van der Waals surface area contributed by atoms with E-state index in [1.54, 1.807) is 0 Å². The first-order chi connectivity index (χ1) is 11.5. The fourth-order valence-corrected chi connectivity index (χ4v) is 2.45. The molecule has 0 saturated carbocycles. The molecule has 0 aliphatic carbocycles. The van der Waals surface area contributed by atoms with Gasteiger partial charge in [-0.1, -0.05) is 34.1 Å². The molecular formula is C18H20BrN3O2. The number of hydrogen-bond donors (Lipinski definition) is 3. The number of amides is 2. The van der Waals surface area contributed by atoms with Gasteiger partial charge in [-0.2, -0.15) is 0 Å². The molecular weight excluding hydrogens is 370 g/mol. The molecule has 5 nitrogen and oxygen atoms in total. The molecule has 2 aromatic carbocycles. The molecule has 24 heavy (non-hydrogen) atoms. The van der Waals surface area contributed by atoms with Crippen LogP contribution in [-0.4, -0.2) is 24.9 Å². The SMILES string of the molecule is Cc1cccc(C)c1NC(=O)CNC(=O)CNc1ccc(Br)cc1. The summed E-state index contributed by atoms with van der Waals surface area (Å²) >= 11 is 3.35. The minimum absolute atomic E-state index is 0.0609. The molecule has 0 unspecified atom stereocenters. The van der Waals surface area contributed by atoms with E-state index in [-0.39, 0.29) is 24.9 Å². The summed E-state index contributed by atoms with van der Waals surface area (Å²) < 4.78 is 0.973. The Bertz CT molecular complexity index is 709. The number of aryl methyl sites for hydroxylation is 2. The lowest BCUT2D eigenvalue weighted by Crippen LogP contribution is -2.36. The predicted molar refractivity (Wildman–Crippen MR) is 100 cm³/mol. The van der Waals surface area contributed by atoms with E-state index in [2.05, 4.69) is 31.9 Å². The van der Waals surface area contributed by atoms with Crippen molar-refractivity contribution < 1.29 is 9.59 Å². The third-order valence-electron chi connectivity index (χ3n) is 3.49. The van der Waals surface area contributed by atoms with Crippen LogP contribution in [0.3, 0.4) is 0 Å². The summed E-state index contributed by atoms with van der Waals surface area (Å²) in [7, 11) is 0. The second-order valence-electron chi connectivity index (χ2n) is 5.45. The first kappa shape index (κ1) is 18.0. The number of hydrogen-bond acceptors (Lipinski definition) is 3. The highest BCUT2D eigenvalue weighted by Gasteiger charge is 2.09. The van der Waals surface area contributed by atoms with Crippen LogP contribution in [-0.2, 0) is 9.59 Å². The largest absolute Gasteiger partial charge is 0.376 e. The molecule has 0 bridgehead atoms. The van der Waals surface area contributed by atoms with Crippen molar-refractivity contribution in [3.8, 4) is 0 Å². The minimum Gasteiger partial charge on any atom is -0.376 e. The van der Waals surface area contributed by atoms with Gasteiger partial charge in [-0.3, -0.25) is 9.59 Å². The van der Waals surface area contributed by atoms with Crippen LogP contribution in [0.15, 0.2) is 46.9 Å². The molecule has 0 aromatic heterocycles. The number of carbonyl (C=O) groups is 2. The van der Waals surface area contributed by atoms with E-state index in [1.165, 1.54) is 0 Å². The maximum absolute atomic E-state index is 12.0. The van der Waals surface area contributed by atoms with Crippen molar-refractivity contribution in [2.45, 2.75) is 13.8 Å². The molecule has 2 rings (SSSR count). The van der Waals surface area contributed by atoms with E-state index in [0.29, 0.717) is 0 Å². The van der Waals surface area contributed by atoms with Gasteiger partial charge in [0.05, 0.1) is 13.1 Å². The molecule has 6 heteroatoms. The van der Waals surface area contributed by atoms with Crippen LogP contribution < -0.4 is 16.0 Å². The lowest BCUT2D eigenvalue weighted by atomic mass is 10.1. The van der Waals surface area contributed by atoms with Gasteiger partial charge in [0.15, 0.2) is 0 Å². The van der Waals surface area contributed by atoms with Crippen molar-refractivity contribution in [3.05, 3.63) is 58.1 Å². The Balaban J connectivity index is 1.77. The third kappa shape index (κ3) is 5.38. The lowest BCUT2D eigenvalue weighted by molar-refractivity contribution is -0.122. The average Bonchev–Trinajstić information content (AvgIpc) is 2.56. The van der Waals surface area contributed by atoms with Gasteiger partial charge in [-0.05, 0) is 49.2 Å². The zero-order valence-corrected chi connectivity index (χ0v) is 15.2. The normalized spacial score (nSPS) is 10.1. The standard InChI is InChI=1S/C18H20BrN3O2/c1-12-4-3-5-13(2)18(12)22-17(24)11-21-16(23)10-20-15-8-6-14(19)7-9-15/h3-9,20H,10-11H2,1-2H3,(H,21,23)(H,22,24). The zero-order chi connectivity index (χ0) is 17.5. The van der Waals surface area contributed by atoms with Crippen molar-refractivity contribution in [3.63, 3.8) is 0 Å². The number of carbonyl (C=O) groups excluding carboxylic acids is 2. The van der Waals surface area contributed by atoms with Crippen molar-refractivity contribution in [1.29, 1.82) is 0 Å². The second-order valence-corrected chi connectivity index (χ2v) is 6.37. The molecule has 0 fully saturated rings. The topological polar surface area (TPSA) is 70.2 Å². The molecule has 0 radical (unpaired) electrons.